The maximum atomic E-state index is 13.4. The number of hydrogen-bond donors (Lipinski definition) is 1. The van der Waals surface area contributed by atoms with E-state index in [0.29, 0.717) is 30.1 Å². The van der Waals surface area contributed by atoms with E-state index in [-0.39, 0.29) is 26.4 Å². The van der Waals surface area contributed by atoms with E-state index in [1.807, 2.05) is 0 Å². The summed E-state index contributed by atoms with van der Waals surface area (Å²) in [5, 5.41) is 3.59. The van der Waals surface area contributed by atoms with E-state index in [4.69, 9.17) is 4.74 Å². The highest BCUT2D eigenvalue weighted by atomic mass is 32.2. The van der Waals surface area contributed by atoms with Crippen LogP contribution in [0.2, 0.25) is 0 Å². The molecule has 176 valence electrons. The van der Waals surface area contributed by atoms with Gasteiger partial charge in [-0.25, -0.2) is 21.2 Å². The van der Waals surface area contributed by atoms with Crippen LogP contribution >= 0.6 is 11.3 Å². The van der Waals surface area contributed by atoms with Crippen molar-refractivity contribution in [1.82, 2.24) is 4.31 Å². The maximum absolute atomic E-state index is 13.4. The lowest BCUT2D eigenvalue weighted by Crippen LogP contribution is -2.39. The van der Waals surface area contributed by atoms with E-state index >= 15 is 0 Å². The number of anilines is 1. The number of sulfone groups is 1. The minimum Gasteiger partial charge on any atom is -0.492 e. The zero-order valence-electron chi connectivity index (χ0n) is 17.8. The van der Waals surface area contributed by atoms with Gasteiger partial charge in [-0.1, -0.05) is 6.07 Å². The Morgan fingerprint density at radius 3 is 2.48 bits per heavy atom. The number of rotatable bonds is 8. The Labute approximate surface area is 196 Å². The van der Waals surface area contributed by atoms with Gasteiger partial charge in [0.15, 0.2) is 0 Å². The molecular weight excluding hydrogens is 487 g/mol. The standard InChI is InChI=1S/C22H23FN2O5S3/c1-24-21-11-12-22(31-21)32(26,27)19-5-2-6-20(14-19)33(28,29)25-13-3-4-17(25)15-30-18-9-7-16(23)8-10-18/h2,5-12,14,17,24H,3-4,13,15H2,1H3/t17-/m0/s1. The van der Waals surface area contributed by atoms with Crippen molar-refractivity contribution in [3.63, 3.8) is 0 Å². The van der Waals surface area contributed by atoms with Crippen LogP contribution < -0.4 is 10.1 Å². The first-order valence-corrected chi connectivity index (χ1v) is 14.0. The quantitative estimate of drug-likeness (QED) is 0.493. The molecule has 0 saturated carbocycles. The molecule has 0 radical (unpaired) electrons. The molecule has 11 heteroatoms. The lowest BCUT2D eigenvalue weighted by atomic mass is 10.2. The highest BCUT2D eigenvalue weighted by Gasteiger charge is 2.36. The Morgan fingerprint density at radius 1 is 1.06 bits per heavy atom. The molecule has 3 aromatic rings. The molecule has 1 atom stereocenters. The van der Waals surface area contributed by atoms with E-state index in [1.54, 1.807) is 13.1 Å². The van der Waals surface area contributed by atoms with Crippen LogP contribution in [0.4, 0.5) is 9.39 Å². The molecule has 4 rings (SSSR count). The van der Waals surface area contributed by atoms with Gasteiger partial charge in [0.1, 0.15) is 22.4 Å². The first kappa shape index (κ1) is 23.7. The molecule has 1 aromatic heterocycles. The third kappa shape index (κ3) is 4.91. The van der Waals surface area contributed by atoms with Gasteiger partial charge in [0, 0.05) is 13.6 Å². The number of sulfonamides is 1. The van der Waals surface area contributed by atoms with Crippen LogP contribution in [0.1, 0.15) is 12.8 Å². The molecule has 33 heavy (non-hydrogen) atoms. The van der Waals surface area contributed by atoms with Gasteiger partial charge in [0.05, 0.1) is 20.8 Å². The van der Waals surface area contributed by atoms with Crippen LogP contribution in [0.25, 0.3) is 0 Å². The molecule has 0 unspecified atom stereocenters. The third-order valence-corrected chi connectivity index (χ3v) is 10.7. The van der Waals surface area contributed by atoms with Gasteiger partial charge in [-0.2, -0.15) is 4.31 Å². The molecule has 0 amide bonds. The summed E-state index contributed by atoms with van der Waals surface area (Å²) >= 11 is 1.08. The second kappa shape index (κ2) is 9.41. The van der Waals surface area contributed by atoms with Gasteiger partial charge in [-0.05, 0) is 67.4 Å². The fourth-order valence-electron chi connectivity index (χ4n) is 3.67. The van der Waals surface area contributed by atoms with Crippen molar-refractivity contribution >= 4 is 36.2 Å². The van der Waals surface area contributed by atoms with Gasteiger partial charge >= 0.3 is 0 Å². The van der Waals surface area contributed by atoms with E-state index in [9.17, 15) is 21.2 Å². The molecule has 1 aliphatic heterocycles. The summed E-state index contributed by atoms with van der Waals surface area (Å²) in [7, 11) is -6.10. The van der Waals surface area contributed by atoms with Crippen molar-refractivity contribution in [3.8, 4) is 5.75 Å². The van der Waals surface area contributed by atoms with Crippen molar-refractivity contribution in [2.24, 2.45) is 0 Å². The zero-order valence-corrected chi connectivity index (χ0v) is 20.2. The average Bonchev–Trinajstić information content (AvgIpc) is 3.49. The van der Waals surface area contributed by atoms with Crippen LogP contribution in [0, 0.1) is 5.82 Å². The number of nitrogens with zero attached hydrogens (tertiary/aromatic N) is 1. The molecule has 1 fully saturated rings. The summed E-state index contributed by atoms with van der Waals surface area (Å²) < 4.78 is 73.1. The second-order valence-electron chi connectivity index (χ2n) is 7.52. The topological polar surface area (TPSA) is 92.8 Å². The van der Waals surface area contributed by atoms with Gasteiger partial charge in [-0.15, -0.1) is 11.3 Å². The van der Waals surface area contributed by atoms with Crippen molar-refractivity contribution < 1.29 is 26.0 Å². The van der Waals surface area contributed by atoms with E-state index in [2.05, 4.69) is 5.32 Å². The maximum Gasteiger partial charge on any atom is 0.243 e. The first-order chi connectivity index (χ1) is 15.7. The third-order valence-electron chi connectivity index (χ3n) is 5.39. The van der Waals surface area contributed by atoms with Gasteiger partial charge in [0.2, 0.25) is 19.9 Å². The highest BCUT2D eigenvalue weighted by Crippen LogP contribution is 2.33. The predicted octanol–water partition coefficient (Wildman–Crippen LogP) is 3.99. The molecule has 7 nitrogen and oxygen atoms in total. The number of ether oxygens (including phenoxy) is 1. The molecule has 0 aliphatic carbocycles. The van der Waals surface area contributed by atoms with Gasteiger partial charge in [-0.3, -0.25) is 0 Å². The number of hydrogen-bond acceptors (Lipinski definition) is 7. The second-order valence-corrected chi connectivity index (χ2v) is 12.7. The normalized spacial score (nSPS) is 17.2. The Bertz CT molecular complexity index is 1340. The minimum atomic E-state index is -3.94. The van der Waals surface area contributed by atoms with Crippen molar-refractivity contribution in [1.29, 1.82) is 0 Å². The predicted molar refractivity (Wildman–Crippen MR) is 125 cm³/mol. The zero-order chi connectivity index (χ0) is 23.6. The molecule has 2 heterocycles. The molecule has 0 spiro atoms. The molecule has 1 N–H and O–H groups in total. The smallest absolute Gasteiger partial charge is 0.243 e. The van der Waals surface area contributed by atoms with Crippen molar-refractivity contribution in [3.05, 3.63) is 66.5 Å². The van der Waals surface area contributed by atoms with Crippen molar-refractivity contribution in [2.75, 3.05) is 25.5 Å². The van der Waals surface area contributed by atoms with E-state index in [1.165, 1.54) is 58.9 Å². The Morgan fingerprint density at radius 2 is 1.79 bits per heavy atom. The SMILES string of the molecule is CNc1ccc(S(=O)(=O)c2cccc(S(=O)(=O)N3CCC[C@H]3COc3ccc(F)cc3)c2)s1. The summed E-state index contributed by atoms with van der Waals surface area (Å²) in [6.07, 6.45) is 1.27. The lowest BCUT2D eigenvalue weighted by molar-refractivity contribution is 0.232. The highest BCUT2D eigenvalue weighted by molar-refractivity contribution is 7.93. The number of nitrogens with one attached hydrogen (secondary N) is 1. The van der Waals surface area contributed by atoms with Crippen LogP contribution in [-0.4, -0.2) is 47.4 Å². The minimum absolute atomic E-state index is 0.0774. The molecule has 1 saturated heterocycles. The largest absolute Gasteiger partial charge is 0.492 e. The first-order valence-electron chi connectivity index (χ1n) is 10.2. The summed E-state index contributed by atoms with van der Waals surface area (Å²) in [5.74, 6) is 0.0672. The summed E-state index contributed by atoms with van der Waals surface area (Å²) in [6, 6.07) is 13.7. The number of halogens is 1. The van der Waals surface area contributed by atoms with Crippen LogP contribution in [0.5, 0.6) is 5.75 Å². The fourth-order valence-corrected chi connectivity index (χ4v) is 8.07. The summed E-state index contributed by atoms with van der Waals surface area (Å²) in [6.45, 7) is 0.429. The monoisotopic (exact) mass is 510 g/mol. The average molecular weight is 511 g/mol. The van der Waals surface area contributed by atoms with Crippen molar-refractivity contribution in [2.45, 2.75) is 32.9 Å². The molecule has 0 bridgehead atoms. The lowest BCUT2D eigenvalue weighted by Gasteiger charge is -2.24. The molecule has 1 aliphatic rings. The Hall–Kier alpha value is -2.47. The van der Waals surface area contributed by atoms with Crippen LogP contribution in [0.15, 0.2) is 74.7 Å². The van der Waals surface area contributed by atoms with E-state index < -0.39 is 25.9 Å². The summed E-state index contributed by atoms with van der Waals surface area (Å²) in [4.78, 5) is -0.158. The van der Waals surface area contributed by atoms with Gasteiger partial charge < -0.3 is 10.1 Å². The van der Waals surface area contributed by atoms with E-state index in [0.717, 1.165) is 11.3 Å². The van der Waals surface area contributed by atoms with Crippen LogP contribution in [0.3, 0.4) is 0 Å². The molecular formula is C22H23FN2O5S3. The Kier molecular flexibility index (Phi) is 6.76. The number of thiophene rings is 1. The Balaban J connectivity index is 1.57. The fraction of sp³-hybridized carbons (Fsp3) is 0.273. The van der Waals surface area contributed by atoms with Gasteiger partial charge in [0.25, 0.3) is 0 Å². The van der Waals surface area contributed by atoms with Crippen LogP contribution in [-0.2, 0) is 19.9 Å². The number of benzene rings is 2. The summed E-state index contributed by atoms with van der Waals surface area (Å²) in [5.41, 5.74) is 0. The molecule has 2 aromatic carbocycles.